The second-order valence-electron chi connectivity index (χ2n) is 5.60. The van der Waals surface area contributed by atoms with Gasteiger partial charge in [-0.3, -0.25) is 19.8 Å². The number of nitrogens with one attached hydrogen (secondary N) is 1. The van der Waals surface area contributed by atoms with Crippen molar-refractivity contribution in [2.75, 3.05) is 0 Å². The fourth-order valence-corrected chi connectivity index (χ4v) is 2.97. The molecule has 3 rings (SSSR count). The lowest BCUT2D eigenvalue weighted by molar-refractivity contribution is -0.386. The highest BCUT2D eigenvalue weighted by Gasteiger charge is 2.34. The predicted molar refractivity (Wildman–Crippen MR) is 95.9 cm³/mol. The Balaban J connectivity index is 1.91. The summed E-state index contributed by atoms with van der Waals surface area (Å²) in [5, 5.41) is 23.0. The van der Waals surface area contributed by atoms with E-state index >= 15 is 0 Å². The van der Waals surface area contributed by atoms with E-state index in [9.17, 15) is 29.2 Å². The molecule has 0 aromatic heterocycles. The number of benzene rings is 2. The number of hydrogen-bond acceptors (Lipinski definition) is 5. The molecule has 10 heteroatoms. The van der Waals surface area contributed by atoms with Crippen LogP contribution in [0.5, 0.6) is 5.75 Å². The second-order valence-corrected chi connectivity index (χ2v) is 6.45. The van der Waals surface area contributed by atoms with Crippen LogP contribution in [-0.4, -0.2) is 26.9 Å². The number of urea groups is 1. The Morgan fingerprint density at radius 3 is 2.67 bits per heavy atom. The maximum Gasteiger partial charge on any atom is 0.329 e. The van der Waals surface area contributed by atoms with Crippen LogP contribution in [0.15, 0.2) is 46.6 Å². The van der Waals surface area contributed by atoms with Gasteiger partial charge in [-0.2, -0.15) is 0 Å². The van der Waals surface area contributed by atoms with Crippen LogP contribution in [0.25, 0.3) is 6.08 Å². The van der Waals surface area contributed by atoms with Gasteiger partial charge in [0.25, 0.3) is 5.91 Å². The molecule has 8 nitrogen and oxygen atoms in total. The Bertz CT molecular complexity index is 1010. The number of imide groups is 1. The smallest absolute Gasteiger partial charge is 0.329 e. The predicted octanol–water partition coefficient (Wildman–Crippen LogP) is 3.29. The van der Waals surface area contributed by atoms with Crippen molar-refractivity contribution in [3.8, 4) is 5.75 Å². The summed E-state index contributed by atoms with van der Waals surface area (Å²) in [5.74, 6) is -1.80. The topological polar surface area (TPSA) is 113 Å². The molecule has 0 radical (unpaired) electrons. The number of nitro benzene ring substituents is 1. The molecule has 1 aliphatic rings. The number of nitrogens with zero attached hydrogens (tertiary/aromatic N) is 2. The molecule has 1 heterocycles. The number of hydrogen-bond donors (Lipinski definition) is 2. The van der Waals surface area contributed by atoms with Crippen molar-refractivity contribution >= 4 is 39.6 Å². The highest BCUT2D eigenvalue weighted by Crippen LogP contribution is 2.35. The lowest BCUT2D eigenvalue weighted by Crippen LogP contribution is -2.30. The Hall–Kier alpha value is -3.27. The van der Waals surface area contributed by atoms with Crippen LogP contribution in [0, 0.1) is 15.9 Å². The molecule has 2 aromatic carbocycles. The van der Waals surface area contributed by atoms with E-state index in [-0.39, 0.29) is 27.8 Å². The second kappa shape index (κ2) is 7.16. The molecular weight excluding hydrogens is 425 g/mol. The van der Waals surface area contributed by atoms with Gasteiger partial charge in [-0.25, -0.2) is 9.18 Å². The summed E-state index contributed by atoms with van der Waals surface area (Å²) in [4.78, 5) is 35.6. The van der Waals surface area contributed by atoms with Crippen LogP contribution in [-0.2, 0) is 11.3 Å². The van der Waals surface area contributed by atoms with Gasteiger partial charge in [0, 0.05) is 11.6 Å². The average Bonchev–Trinajstić information content (AvgIpc) is 2.87. The van der Waals surface area contributed by atoms with Crippen LogP contribution in [0.2, 0.25) is 0 Å². The number of nitro groups is 1. The highest BCUT2D eigenvalue weighted by molar-refractivity contribution is 9.10. The van der Waals surface area contributed by atoms with Gasteiger partial charge in [-0.1, -0.05) is 18.2 Å². The first kappa shape index (κ1) is 18.5. The van der Waals surface area contributed by atoms with E-state index in [2.05, 4.69) is 21.2 Å². The van der Waals surface area contributed by atoms with Gasteiger partial charge in [0.1, 0.15) is 11.5 Å². The first-order valence-electron chi connectivity index (χ1n) is 7.52. The number of phenolic OH excluding ortho intramolecular Hbond substituents is 1. The molecule has 0 saturated carbocycles. The molecule has 3 amide bonds. The summed E-state index contributed by atoms with van der Waals surface area (Å²) in [7, 11) is 0. The number of phenols is 1. The zero-order valence-corrected chi connectivity index (χ0v) is 15.1. The van der Waals surface area contributed by atoms with E-state index in [0.717, 1.165) is 11.0 Å². The molecule has 27 heavy (non-hydrogen) atoms. The number of aromatic hydroxyl groups is 1. The monoisotopic (exact) mass is 435 g/mol. The number of amides is 3. The van der Waals surface area contributed by atoms with Gasteiger partial charge in [0.2, 0.25) is 5.75 Å². The number of rotatable bonds is 4. The molecule has 1 fully saturated rings. The summed E-state index contributed by atoms with van der Waals surface area (Å²) in [6.07, 6.45) is 1.23. The molecular formula is C17H11BrFN3O5. The normalized spacial score (nSPS) is 15.3. The maximum atomic E-state index is 13.8. The van der Waals surface area contributed by atoms with Crippen LogP contribution < -0.4 is 5.32 Å². The minimum Gasteiger partial charge on any atom is -0.501 e. The molecule has 0 spiro atoms. The minimum absolute atomic E-state index is 0.0588. The molecule has 0 bridgehead atoms. The van der Waals surface area contributed by atoms with Crippen molar-refractivity contribution in [3.05, 3.63) is 73.6 Å². The maximum absolute atomic E-state index is 13.8. The quantitative estimate of drug-likeness (QED) is 0.331. The third-order valence-electron chi connectivity index (χ3n) is 3.82. The van der Waals surface area contributed by atoms with Crippen molar-refractivity contribution in [2.45, 2.75) is 6.54 Å². The van der Waals surface area contributed by atoms with Crippen LogP contribution in [0.4, 0.5) is 14.9 Å². The first-order chi connectivity index (χ1) is 12.8. The zero-order chi connectivity index (χ0) is 19.7. The van der Waals surface area contributed by atoms with E-state index in [1.807, 2.05) is 0 Å². The fraction of sp³-hybridized carbons (Fsp3) is 0.0588. The summed E-state index contributed by atoms with van der Waals surface area (Å²) in [6.45, 7) is -0.256. The summed E-state index contributed by atoms with van der Waals surface area (Å²) in [6, 6.07) is 7.43. The molecule has 0 unspecified atom stereocenters. The van der Waals surface area contributed by atoms with Gasteiger partial charge in [0.15, 0.2) is 0 Å². The number of carbonyl (C=O) groups excluding carboxylic acids is 2. The first-order valence-corrected chi connectivity index (χ1v) is 8.32. The standard InChI is InChI=1S/C17H11BrFN3O5/c18-11-5-9(7-14(15(11)23)22(26)27)6-13-16(24)21(17(25)20-13)8-10-3-1-2-4-12(10)19/h1-7,23H,8H2,(H,20,25)/b13-6+. The van der Waals surface area contributed by atoms with Crippen molar-refractivity contribution in [2.24, 2.45) is 0 Å². The molecule has 138 valence electrons. The van der Waals surface area contributed by atoms with Crippen LogP contribution >= 0.6 is 15.9 Å². The van der Waals surface area contributed by atoms with E-state index in [1.54, 1.807) is 6.07 Å². The number of carbonyl (C=O) groups is 2. The molecule has 0 aliphatic carbocycles. The Kier molecular flexibility index (Phi) is 4.91. The van der Waals surface area contributed by atoms with Crippen LogP contribution in [0.3, 0.4) is 0 Å². The lowest BCUT2D eigenvalue weighted by Gasteiger charge is -2.12. The third kappa shape index (κ3) is 3.65. The van der Waals surface area contributed by atoms with Crippen molar-refractivity contribution < 1.29 is 24.0 Å². The Morgan fingerprint density at radius 1 is 1.30 bits per heavy atom. The summed E-state index contributed by atoms with van der Waals surface area (Å²) < 4.78 is 13.8. The third-order valence-corrected chi connectivity index (χ3v) is 4.43. The van der Waals surface area contributed by atoms with Gasteiger partial charge in [-0.05, 0) is 39.7 Å². The van der Waals surface area contributed by atoms with Crippen molar-refractivity contribution in [3.63, 3.8) is 0 Å². The van der Waals surface area contributed by atoms with E-state index < -0.39 is 34.1 Å². The molecule has 0 atom stereocenters. The van der Waals surface area contributed by atoms with Gasteiger partial charge in [-0.15, -0.1) is 0 Å². The minimum atomic E-state index is -0.776. The van der Waals surface area contributed by atoms with E-state index in [4.69, 9.17) is 0 Å². The molecule has 2 aromatic rings. The Labute approximate surface area is 160 Å². The molecule has 1 saturated heterocycles. The highest BCUT2D eigenvalue weighted by atomic mass is 79.9. The SMILES string of the molecule is O=C1N/C(=C/c2cc(Br)c(O)c([N+](=O)[O-])c2)C(=O)N1Cc1ccccc1F. The largest absolute Gasteiger partial charge is 0.501 e. The zero-order valence-electron chi connectivity index (χ0n) is 13.5. The summed E-state index contributed by atoms with van der Waals surface area (Å²) >= 11 is 3.00. The van der Waals surface area contributed by atoms with E-state index in [1.165, 1.54) is 30.3 Å². The van der Waals surface area contributed by atoms with Gasteiger partial charge in [0.05, 0.1) is 15.9 Å². The van der Waals surface area contributed by atoms with Crippen molar-refractivity contribution in [1.82, 2.24) is 10.2 Å². The number of halogens is 2. The van der Waals surface area contributed by atoms with E-state index in [0.29, 0.717) is 0 Å². The van der Waals surface area contributed by atoms with Crippen molar-refractivity contribution in [1.29, 1.82) is 0 Å². The lowest BCUT2D eigenvalue weighted by atomic mass is 10.1. The van der Waals surface area contributed by atoms with Crippen LogP contribution in [0.1, 0.15) is 11.1 Å². The Morgan fingerprint density at radius 2 is 2.00 bits per heavy atom. The average molecular weight is 436 g/mol. The van der Waals surface area contributed by atoms with Gasteiger partial charge >= 0.3 is 11.7 Å². The summed E-state index contributed by atoms with van der Waals surface area (Å²) in [5.41, 5.74) is -0.299. The molecule has 1 aliphatic heterocycles. The molecule has 2 N–H and O–H groups in total. The fourth-order valence-electron chi connectivity index (χ4n) is 2.51. The van der Waals surface area contributed by atoms with Gasteiger partial charge < -0.3 is 10.4 Å².